The molecule has 1 heterocycles. The van der Waals surface area contributed by atoms with Crippen molar-refractivity contribution in [2.24, 2.45) is 10.6 Å². The predicted molar refractivity (Wildman–Crippen MR) is 48.6 cm³/mol. The van der Waals surface area contributed by atoms with Crippen LogP contribution >= 0.6 is 0 Å². The van der Waals surface area contributed by atoms with Crippen molar-refractivity contribution in [1.29, 1.82) is 0 Å². The Kier molecular flexibility index (Phi) is 2.13. The second-order valence-corrected chi connectivity index (χ2v) is 5.98. The van der Waals surface area contributed by atoms with E-state index < -0.39 is 10.0 Å². The molecule has 1 aliphatic heterocycles. The summed E-state index contributed by atoms with van der Waals surface area (Å²) in [4.78, 5) is 0. The number of ether oxygens (including phenoxy) is 1. The van der Waals surface area contributed by atoms with E-state index in [1.54, 1.807) is 0 Å². The molecular weight excluding hydrogens is 190 g/mol. The number of hydrogen-bond acceptors (Lipinski definition) is 3. The molecule has 76 valence electrons. The van der Waals surface area contributed by atoms with Crippen molar-refractivity contribution in [1.82, 2.24) is 0 Å². The van der Waals surface area contributed by atoms with Crippen molar-refractivity contribution < 1.29 is 13.2 Å². The molecule has 13 heavy (non-hydrogen) atoms. The molecule has 0 aromatic carbocycles. The fourth-order valence-corrected chi connectivity index (χ4v) is 3.02. The van der Waals surface area contributed by atoms with E-state index in [1.807, 2.05) is 0 Å². The zero-order chi connectivity index (χ0) is 9.53. The van der Waals surface area contributed by atoms with Crippen LogP contribution in [0.4, 0.5) is 0 Å². The van der Waals surface area contributed by atoms with Crippen LogP contribution in [-0.2, 0) is 14.8 Å². The summed E-state index contributed by atoms with van der Waals surface area (Å²) in [7, 11) is -3.37. The highest BCUT2D eigenvalue weighted by atomic mass is 32.2. The molecule has 0 aromatic rings. The first-order valence-electron chi connectivity index (χ1n) is 4.61. The summed E-state index contributed by atoms with van der Waals surface area (Å²) in [6.07, 6.45) is 4.35. The monoisotopic (exact) mass is 205 g/mol. The van der Waals surface area contributed by atoms with Crippen LogP contribution in [0.15, 0.2) is 0 Å². The highest BCUT2D eigenvalue weighted by Crippen LogP contribution is 2.49. The second kappa shape index (κ2) is 2.93. The molecule has 1 saturated heterocycles. The normalized spacial score (nSPS) is 31.9. The van der Waals surface area contributed by atoms with Crippen LogP contribution in [0, 0.1) is 5.41 Å². The first-order chi connectivity index (χ1) is 5.99. The minimum absolute atomic E-state index is 0.0191. The number of sulfonamides is 1. The van der Waals surface area contributed by atoms with Gasteiger partial charge in [0, 0.05) is 0 Å². The first kappa shape index (κ1) is 9.43. The Morgan fingerprint density at radius 3 is 2.54 bits per heavy atom. The fourth-order valence-electron chi connectivity index (χ4n) is 2.29. The third-order valence-electron chi connectivity index (χ3n) is 3.12. The third kappa shape index (κ3) is 2.03. The molecule has 1 spiro atoms. The van der Waals surface area contributed by atoms with E-state index in [4.69, 9.17) is 9.88 Å². The number of primary sulfonamides is 1. The van der Waals surface area contributed by atoms with E-state index in [1.165, 1.54) is 19.3 Å². The van der Waals surface area contributed by atoms with E-state index in [2.05, 4.69) is 0 Å². The lowest BCUT2D eigenvalue weighted by Gasteiger charge is -2.36. The van der Waals surface area contributed by atoms with Gasteiger partial charge in [-0.2, -0.15) is 0 Å². The summed E-state index contributed by atoms with van der Waals surface area (Å²) < 4.78 is 27.0. The summed E-state index contributed by atoms with van der Waals surface area (Å²) >= 11 is 0. The molecule has 1 aliphatic carbocycles. The lowest BCUT2D eigenvalue weighted by Crippen LogP contribution is -2.31. The summed E-state index contributed by atoms with van der Waals surface area (Å²) in [6.45, 7) is 0.729. The Bertz CT molecular complexity index is 295. The van der Waals surface area contributed by atoms with Gasteiger partial charge in [0.05, 0.1) is 18.5 Å². The number of nitrogens with two attached hydrogens (primary N) is 1. The van der Waals surface area contributed by atoms with E-state index >= 15 is 0 Å². The van der Waals surface area contributed by atoms with Crippen molar-refractivity contribution in [2.45, 2.75) is 31.8 Å². The van der Waals surface area contributed by atoms with Crippen molar-refractivity contribution in [2.75, 3.05) is 12.4 Å². The van der Waals surface area contributed by atoms with Crippen LogP contribution in [0.1, 0.15) is 25.7 Å². The maximum absolute atomic E-state index is 10.8. The molecule has 2 aliphatic rings. The van der Waals surface area contributed by atoms with Crippen LogP contribution in [-0.4, -0.2) is 26.9 Å². The molecule has 1 atom stereocenters. The Morgan fingerprint density at radius 1 is 1.46 bits per heavy atom. The van der Waals surface area contributed by atoms with E-state index in [0.29, 0.717) is 5.41 Å². The quantitative estimate of drug-likeness (QED) is 0.701. The Balaban J connectivity index is 1.91. The van der Waals surface area contributed by atoms with Gasteiger partial charge in [-0.05, 0) is 24.7 Å². The molecule has 0 aromatic heterocycles. The van der Waals surface area contributed by atoms with Gasteiger partial charge in [0.1, 0.15) is 0 Å². The predicted octanol–water partition coefficient (Wildman–Crippen LogP) is 0.234. The number of rotatable bonds is 2. The fraction of sp³-hybridized carbons (Fsp3) is 1.00. The highest BCUT2D eigenvalue weighted by Gasteiger charge is 2.45. The van der Waals surface area contributed by atoms with Gasteiger partial charge < -0.3 is 4.74 Å². The van der Waals surface area contributed by atoms with Crippen LogP contribution in [0.2, 0.25) is 0 Å². The smallest absolute Gasteiger partial charge is 0.211 e. The van der Waals surface area contributed by atoms with Gasteiger partial charge in [-0.25, -0.2) is 13.6 Å². The maximum Gasteiger partial charge on any atom is 0.211 e. The van der Waals surface area contributed by atoms with Crippen LogP contribution in [0.5, 0.6) is 0 Å². The summed E-state index contributed by atoms with van der Waals surface area (Å²) in [5, 5.41) is 4.96. The lowest BCUT2D eigenvalue weighted by atomic mass is 9.68. The van der Waals surface area contributed by atoms with Gasteiger partial charge in [-0.1, -0.05) is 6.42 Å². The van der Waals surface area contributed by atoms with E-state index in [9.17, 15) is 8.42 Å². The SMILES string of the molecule is NS(=O)(=O)CC1CC2(CCC2)CO1. The highest BCUT2D eigenvalue weighted by molar-refractivity contribution is 7.89. The molecule has 4 nitrogen and oxygen atoms in total. The maximum atomic E-state index is 10.8. The molecule has 1 saturated carbocycles. The van der Waals surface area contributed by atoms with Crippen molar-refractivity contribution in [3.63, 3.8) is 0 Å². The van der Waals surface area contributed by atoms with Crippen LogP contribution in [0.25, 0.3) is 0 Å². The summed E-state index contributed by atoms with van der Waals surface area (Å²) in [6, 6.07) is 0. The standard InChI is InChI=1S/C8H15NO3S/c9-13(10,11)5-7-4-8(6-12-7)2-1-3-8/h7H,1-6H2,(H2,9,10,11). The zero-order valence-electron chi connectivity index (χ0n) is 7.53. The van der Waals surface area contributed by atoms with Crippen molar-refractivity contribution >= 4 is 10.0 Å². The largest absolute Gasteiger partial charge is 0.377 e. The van der Waals surface area contributed by atoms with Gasteiger partial charge in [0.2, 0.25) is 10.0 Å². The first-order valence-corrected chi connectivity index (χ1v) is 6.33. The number of hydrogen-bond donors (Lipinski definition) is 1. The topological polar surface area (TPSA) is 69.4 Å². The molecular formula is C8H15NO3S. The Hall–Kier alpha value is -0.130. The van der Waals surface area contributed by atoms with Gasteiger partial charge in [-0.15, -0.1) is 0 Å². The van der Waals surface area contributed by atoms with Gasteiger partial charge in [0.15, 0.2) is 0 Å². The molecule has 2 N–H and O–H groups in total. The summed E-state index contributed by atoms with van der Waals surface area (Å²) in [5.41, 5.74) is 0.315. The van der Waals surface area contributed by atoms with E-state index in [0.717, 1.165) is 13.0 Å². The van der Waals surface area contributed by atoms with Gasteiger partial charge >= 0.3 is 0 Å². The minimum atomic E-state index is -3.37. The third-order valence-corrected chi connectivity index (χ3v) is 3.95. The van der Waals surface area contributed by atoms with Gasteiger partial charge in [0.25, 0.3) is 0 Å². The summed E-state index contributed by atoms with van der Waals surface area (Å²) in [5.74, 6) is -0.0191. The van der Waals surface area contributed by atoms with E-state index in [-0.39, 0.29) is 11.9 Å². The van der Waals surface area contributed by atoms with Crippen molar-refractivity contribution in [3.05, 3.63) is 0 Å². The van der Waals surface area contributed by atoms with Crippen molar-refractivity contribution in [3.8, 4) is 0 Å². The molecule has 2 fully saturated rings. The lowest BCUT2D eigenvalue weighted by molar-refractivity contribution is 0.0750. The Morgan fingerprint density at radius 2 is 2.15 bits per heavy atom. The molecule has 0 amide bonds. The molecule has 2 rings (SSSR count). The van der Waals surface area contributed by atoms with Crippen LogP contribution < -0.4 is 5.14 Å². The molecule has 1 unspecified atom stereocenters. The average Bonchev–Trinajstić information content (AvgIpc) is 2.26. The van der Waals surface area contributed by atoms with Gasteiger partial charge in [-0.3, -0.25) is 0 Å². The zero-order valence-corrected chi connectivity index (χ0v) is 8.35. The Labute approximate surface area is 78.5 Å². The molecule has 0 radical (unpaired) electrons. The molecule has 5 heteroatoms. The van der Waals surface area contributed by atoms with Crippen LogP contribution in [0.3, 0.4) is 0 Å². The minimum Gasteiger partial charge on any atom is -0.377 e. The molecule has 0 bridgehead atoms. The average molecular weight is 205 g/mol. The second-order valence-electron chi connectivity index (χ2n) is 4.32.